The molecule has 0 aliphatic carbocycles. The monoisotopic (exact) mass is 289 g/mol. The maximum atomic E-state index is 12.0. The highest BCUT2D eigenvalue weighted by atomic mass is 16.5. The molecule has 2 aromatic heterocycles. The summed E-state index contributed by atoms with van der Waals surface area (Å²) in [6.45, 7) is 0.617. The topological polar surface area (TPSA) is 81.9 Å². The summed E-state index contributed by atoms with van der Waals surface area (Å²) in [4.78, 5) is 23.7. The number of nitrogens with zero attached hydrogens (tertiary/aromatic N) is 2. The van der Waals surface area contributed by atoms with E-state index in [1.807, 2.05) is 0 Å². The molecule has 2 aromatic rings. The summed E-state index contributed by atoms with van der Waals surface area (Å²) in [6.07, 6.45) is 4.34. The second kappa shape index (κ2) is 5.53. The molecule has 3 heterocycles. The Bertz CT molecular complexity index is 689. The van der Waals surface area contributed by atoms with E-state index in [2.05, 4.69) is 10.4 Å². The number of hydrogen-bond acceptors (Lipinski definition) is 5. The lowest BCUT2D eigenvalue weighted by Crippen LogP contribution is -2.26. The first-order valence-electron chi connectivity index (χ1n) is 6.67. The molecule has 1 saturated heterocycles. The van der Waals surface area contributed by atoms with Gasteiger partial charge in [0.2, 0.25) is 0 Å². The number of carbonyl (C=O) groups is 2. The van der Waals surface area contributed by atoms with Crippen molar-refractivity contribution in [3.8, 4) is 0 Å². The number of aromatic nitrogens is 2. The van der Waals surface area contributed by atoms with Gasteiger partial charge in [0.05, 0.1) is 18.8 Å². The summed E-state index contributed by atoms with van der Waals surface area (Å²) in [6, 6.07) is 3.40. The maximum absolute atomic E-state index is 12.0. The Kier molecular flexibility index (Phi) is 3.57. The van der Waals surface area contributed by atoms with Crippen molar-refractivity contribution in [3.63, 3.8) is 0 Å². The quantitative estimate of drug-likeness (QED) is 0.860. The van der Waals surface area contributed by atoms with Crippen LogP contribution in [0.4, 0.5) is 5.69 Å². The lowest BCUT2D eigenvalue weighted by Gasteiger charge is -2.10. The van der Waals surface area contributed by atoms with Gasteiger partial charge >= 0.3 is 5.97 Å². The molecule has 1 aliphatic rings. The number of rotatable bonds is 3. The van der Waals surface area contributed by atoms with Gasteiger partial charge in [-0.05, 0) is 25.0 Å². The van der Waals surface area contributed by atoms with Gasteiger partial charge in [0.1, 0.15) is 11.7 Å². The smallest absolute Gasteiger partial charge is 0.341 e. The zero-order valence-corrected chi connectivity index (χ0v) is 11.5. The average Bonchev–Trinajstić information content (AvgIpc) is 3.15. The molecule has 0 unspecified atom stereocenters. The molecular weight excluding hydrogens is 274 g/mol. The predicted molar refractivity (Wildman–Crippen MR) is 74.1 cm³/mol. The zero-order chi connectivity index (χ0) is 14.8. The first-order chi connectivity index (χ1) is 10.2. The molecule has 1 fully saturated rings. The Morgan fingerprint density at radius 1 is 1.52 bits per heavy atom. The molecule has 0 saturated carbocycles. The molecule has 7 heteroatoms. The SMILES string of the molecule is COC(=O)c1cnn2ccc(NC(=O)[C@H]3CCCO3)cc12. The molecule has 0 spiro atoms. The van der Waals surface area contributed by atoms with E-state index in [9.17, 15) is 9.59 Å². The van der Waals surface area contributed by atoms with Gasteiger partial charge in [-0.1, -0.05) is 0 Å². The van der Waals surface area contributed by atoms with Crippen LogP contribution in [-0.4, -0.2) is 41.3 Å². The van der Waals surface area contributed by atoms with Crippen LogP contribution < -0.4 is 5.32 Å². The van der Waals surface area contributed by atoms with Crippen LogP contribution in [0.5, 0.6) is 0 Å². The second-order valence-electron chi connectivity index (χ2n) is 4.79. The van der Waals surface area contributed by atoms with Crippen LogP contribution in [-0.2, 0) is 14.3 Å². The number of hydrogen-bond donors (Lipinski definition) is 1. The summed E-state index contributed by atoms with van der Waals surface area (Å²) >= 11 is 0. The normalized spacial score (nSPS) is 17.9. The number of pyridine rings is 1. The minimum Gasteiger partial charge on any atom is -0.465 e. The van der Waals surface area contributed by atoms with Gasteiger partial charge in [0.15, 0.2) is 0 Å². The van der Waals surface area contributed by atoms with Gasteiger partial charge in [-0.25, -0.2) is 9.31 Å². The van der Waals surface area contributed by atoms with Gasteiger partial charge in [-0.15, -0.1) is 0 Å². The number of nitrogens with one attached hydrogen (secondary N) is 1. The first kappa shape index (κ1) is 13.6. The van der Waals surface area contributed by atoms with Gasteiger partial charge < -0.3 is 14.8 Å². The van der Waals surface area contributed by atoms with Crippen LogP contribution in [0.1, 0.15) is 23.2 Å². The van der Waals surface area contributed by atoms with Crippen molar-refractivity contribution >= 4 is 23.1 Å². The third-order valence-corrected chi connectivity index (χ3v) is 3.42. The predicted octanol–water partition coefficient (Wildman–Crippen LogP) is 1.24. The number of anilines is 1. The van der Waals surface area contributed by atoms with Gasteiger partial charge in [0, 0.05) is 18.5 Å². The van der Waals surface area contributed by atoms with Crippen LogP contribution in [0.2, 0.25) is 0 Å². The molecule has 3 rings (SSSR count). The Labute approximate surface area is 120 Å². The maximum Gasteiger partial charge on any atom is 0.341 e. The van der Waals surface area contributed by atoms with Crippen molar-refractivity contribution in [1.29, 1.82) is 0 Å². The molecule has 0 aromatic carbocycles. The first-order valence-corrected chi connectivity index (χ1v) is 6.67. The highest BCUT2D eigenvalue weighted by Crippen LogP contribution is 2.19. The molecule has 21 heavy (non-hydrogen) atoms. The number of esters is 1. The van der Waals surface area contributed by atoms with E-state index in [0.717, 1.165) is 12.8 Å². The van der Waals surface area contributed by atoms with E-state index in [0.29, 0.717) is 23.4 Å². The Balaban J connectivity index is 1.85. The van der Waals surface area contributed by atoms with Gasteiger partial charge in [0.25, 0.3) is 5.91 Å². The van der Waals surface area contributed by atoms with Crippen LogP contribution in [0, 0.1) is 0 Å². The Morgan fingerprint density at radius 2 is 2.38 bits per heavy atom. The molecule has 0 bridgehead atoms. The van der Waals surface area contributed by atoms with E-state index in [-0.39, 0.29) is 5.91 Å². The lowest BCUT2D eigenvalue weighted by atomic mass is 10.2. The highest BCUT2D eigenvalue weighted by Gasteiger charge is 2.23. The molecule has 7 nitrogen and oxygen atoms in total. The van der Waals surface area contributed by atoms with Crippen molar-refractivity contribution in [2.45, 2.75) is 18.9 Å². The minimum atomic E-state index is -0.465. The standard InChI is InChI=1S/C14H15N3O4/c1-20-14(19)10-8-15-17-5-4-9(7-11(10)17)16-13(18)12-3-2-6-21-12/h4-5,7-8,12H,2-3,6H2,1H3,(H,16,18)/t12-/m1/s1. The number of carbonyl (C=O) groups excluding carboxylic acids is 2. The van der Waals surface area contributed by atoms with Crippen molar-refractivity contribution in [2.75, 3.05) is 19.0 Å². The zero-order valence-electron chi connectivity index (χ0n) is 11.5. The molecule has 1 aliphatic heterocycles. The fourth-order valence-corrected chi connectivity index (χ4v) is 2.33. The van der Waals surface area contributed by atoms with Crippen molar-refractivity contribution < 1.29 is 19.1 Å². The molecule has 0 radical (unpaired) electrons. The van der Waals surface area contributed by atoms with E-state index in [1.165, 1.54) is 13.3 Å². The lowest BCUT2D eigenvalue weighted by molar-refractivity contribution is -0.124. The molecule has 110 valence electrons. The molecular formula is C14H15N3O4. The summed E-state index contributed by atoms with van der Waals surface area (Å²) in [5.74, 6) is -0.636. The second-order valence-corrected chi connectivity index (χ2v) is 4.79. The summed E-state index contributed by atoms with van der Waals surface area (Å²) in [7, 11) is 1.31. The van der Waals surface area contributed by atoms with E-state index in [1.54, 1.807) is 22.8 Å². The van der Waals surface area contributed by atoms with Crippen LogP contribution in [0.15, 0.2) is 24.5 Å². The van der Waals surface area contributed by atoms with Crippen molar-refractivity contribution in [2.24, 2.45) is 0 Å². The number of methoxy groups -OCH3 is 1. The average molecular weight is 289 g/mol. The number of ether oxygens (including phenoxy) is 2. The third kappa shape index (κ3) is 2.59. The van der Waals surface area contributed by atoms with Gasteiger partial charge in [-0.2, -0.15) is 5.10 Å². The number of amides is 1. The minimum absolute atomic E-state index is 0.170. The molecule has 1 N–H and O–H groups in total. The third-order valence-electron chi connectivity index (χ3n) is 3.42. The largest absolute Gasteiger partial charge is 0.465 e. The fourth-order valence-electron chi connectivity index (χ4n) is 2.33. The van der Waals surface area contributed by atoms with Gasteiger partial charge in [-0.3, -0.25) is 4.79 Å². The van der Waals surface area contributed by atoms with Crippen molar-refractivity contribution in [3.05, 3.63) is 30.1 Å². The Morgan fingerprint density at radius 3 is 3.10 bits per heavy atom. The van der Waals surface area contributed by atoms with Crippen molar-refractivity contribution in [1.82, 2.24) is 9.61 Å². The van der Waals surface area contributed by atoms with Crippen LogP contribution in [0.3, 0.4) is 0 Å². The van der Waals surface area contributed by atoms with Crippen LogP contribution >= 0.6 is 0 Å². The number of fused-ring (bicyclic) bond motifs is 1. The Hall–Kier alpha value is -2.41. The van der Waals surface area contributed by atoms with E-state index in [4.69, 9.17) is 9.47 Å². The summed E-state index contributed by atoms with van der Waals surface area (Å²) < 4.78 is 11.6. The van der Waals surface area contributed by atoms with Crippen LogP contribution in [0.25, 0.3) is 5.52 Å². The van der Waals surface area contributed by atoms with E-state index >= 15 is 0 Å². The molecule has 1 atom stereocenters. The van der Waals surface area contributed by atoms with E-state index < -0.39 is 12.1 Å². The molecule has 1 amide bonds. The summed E-state index contributed by atoms with van der Waals surface area (Å²) in [5, 5.41) is 6.86. The fraction of sp³-hybridized carbons (Fsp3) is 0.357. The highest BCUT2D eigenvalue weighted by molar-refractivity contribution is 5.99. The summed E-state index contributed by atoms with van der Waals surface area (Å²) in [5.41, 5.74) is 1.52.